The van der Waals surface area contributed by atoms with Gasteiger partial charge in [-0.3, -0.25) is 0 Å². The van der Waals surface area contributed by atoms with Crippen LogP contribution in [-0.4, -0.2) is 13.4 Å². The van der Waals surface area contributed by atoms with E-state index in [0.29, 0.717) is 8.95 Å². The molecule has 13 heavy (non-hydrogen) atoms. The topological polar surface area (TPSA) is 47.0 Å². The highest BCUT2D eigenvalue weighted by Gasteiger charge is 2.15. The minimum atomic E-state index is -3.46. The van der Waals surface area contributed by atoms with E-state index in [4.69, 9.17) is 0 Å². The number of nitrogens with zero attached hydrogens (tertiary/aromatic N) is 1. The average Bonchev–Trinajstić information content (AvgIpc) is 2.03. The summed E-state index contributed by atoms with van der Waals surface area (Å²) in [5.41, 5.74) is 0. The molecule has 0 spiro atoms. The number of hydrogen-bond acceptors (Lipinski definition) is 3. The molecule has 6 heteroatoms. The standard InChI is InChI=1S/C7H5Br2NO2S/c1-2-13(11,12)7-6(9)3-5(8)4-10-7/h2-4H,1H2. The van der Waals surface area contributed by atoms with Crippen molar-refractivity contribution in [1.82, 2.24) is 4.98 Å². The molecule has 0 radical (unpaired) electrons. The molecule has 0 N–H and O–H groups in total. The zero-order chi connectivity index (χ0) is 10.1. The normalized spacial score (nSPS) is 11.2. The second-order valence-electron chi connectivity index (χ2n) is 2.15. The van der Waals surface area contributed by atoms with Crippen molar-refractivity contribution in [1.29, 1.82) is 0 Å². The second kappa shape index (κ2) is 3.89. The summed E-state index contributed by atoms with van der Waals surface area (Å²) in [5.74, 6) is 0. The molecule has 0 aliphatic carbocycles. The maximum Gasteiger partial charge on any atom is 0.217 e. The van der Waals surface area contributed by atoms with Crippen LogP contribution in [0.1, 0.15) is 0 Å². The van der Waals surface area contributed by atoms with Crippen molar-refractivity contribution in [3.63, 3.8) is 0 Å². The number of sulfone groups is 1. The van der Waals surface area contributed by atoms with Crippen molar-refractivity contribution < 1.29 is 8.42 Å². The van der Waals surface area contributed by atoms with Crippen LogP contribution in [0.2, 0.25) is 0 Å². The maximum absolute atomic E-state index is 11.3. The molecule has 70 valence electrons. The maximum atomic E-state index is 11.3. The first-order chi connectivity index (χ1) is 5.97. The average molecular weight is 327 g/mol. The smallest absolute Gasteiger partial charge is 0.217 e. The molecule has 1 rings (SSSR count). The highest BCUT2D eigenvalue weighted by atomic mass is 79.9. The van der Waals surface area contributed by atoms with Gasteiger partial charge in [0.25, 0.3) is 0 Å². The molecule has 0 aliphatic rings. The Morgan fingerprint density at radius 1 is 1.46 bits per heavy atom. The molecule has 1 heterocycles. The van der Waals surface area contributed by atoms with Crippen LogP contribution in [-0.2, 0) is 9.84 Å². The van der Waals surface area contributed by atoms with E-state index in [1.807, 2.05) is 0 Å². The van der Waals surface area contributed by atoms with Gasteiger partial charge >= 0.3 is 0 Å². The minimum Gasteiger partial charge on any atom is -0.242 e. The lowest BCUT2D eigenvalue weighted by Gasteiger charge is -2.00. The summed E-state index contributed by atoms with van der Waals surface area (Å²) in [6.07, 6.45) is 1.42. The first kappa shape index (κ1) is 10.9. The lowest BCUT2D eigenvalue weighted by molar-refractivity contribution is 0.600. The Bertz CT molecular complexity index is 442. The van der Waals surface area contributed by atoms with Crippen molar-refractivity contribution in [2.75, 3.05) is 0 Å². The van der Waals surface area contributed by atoms with Gasteiger partial charge in [-0.2, -0.15) is 0 Å². The van der Waals surface area contributed by atoms with Crippen LogP contribution in [0.4, 0.5) is 0 Å². The van der Waals surface area contributed by atoms with Crippen molar-refractivity contribution in [3.8, 4) is 0 Å². The van der Waals surface area contributed by atoms with E-state index in [1.54, 1.807) is 6.07 Å². The summed E-state index contributed by atoms with van der Waals surface area (Å²) < 4.78 is 23.7. The zero-order valence-electron chi connectivity index (χ0n) is 6.37. The van der Waals surface area contributed by atoms with Crippen LogP contribution in [0, 0.1) is 0 Å². The van der Waals surface area contributed by atoms with E-state index in [0.717, 1.165) is 5.41 Å². The van der Waals surface area contributed by atoms with E-state index in [1.165, 1.54) is 6.20 Å². The van der Waals surface area contributed by atoms with E-state index < -0.39 is 9.84 Å². The van der Waals surface area contributed by atoms with Gasteiger partial charge in [0.2, 0.25) is 9.84 Å². The molecule has 0 unspecified atom stereocenters. The summed E-state index contributed by atoms with van der Waals surface area (Å²) in [7, 11) is -3.46. The van der Waals surface area contributed by atoms with Crippen molar-refractivity contribution in [2.24, 2.45) is 0 Å². The van der Waals surface area contributed by atoms with Crippen LogP contribution in [0.5, 0.6) is 0 Å². The molecule has 0 aliphatic heterocycles. The van der Waals surface area contributed by atoms with Crippen LogP contribution < -0.4 is 0 Å². The number of pyridine rings is 1. The molecule has 0 fully saturated rings. The zero-order valence-corrected chi connectivity index (χ0v) is 10.4. The molecule has 1 aromatic rings. The van der Waals surface area contributed by atoms with Crippen LogP contribution in [0.15, 0.2) is 38.2 Å². The summed E-state index contributed by atoms with van der Waals surface area (Å²) in [6.45, 7) is 3.21. The molecule has 0 atom stereocenters. The van der Waals surface area contributed by atoms with Gasteiger partial charge in [-0.1, -0.05) is 6.58 Å². The SMILES string of the molecule is C=CS(=O)(=O)c1ncc(Br)cc1Br. The van der Waals surface area contributed by atoms with Crippen molar-refractivity contribution in [2.45, 2.75) is 5.03 Å². The molecule has 0 saturated carbocycles. The van der Waals surface area contributed by atoms with Gasteiger partial charge in [0.1, 0.15) is 0 Å². The number of hydrogen-bond donors (Lipinski definition) is 0. The first-order valence-corrected chi connectivity index (χ1v) is 6.29. The number of rotatable bonds is 2. The summed E-state index contributed by atoms with van der Waals surface area (Å²) >= 11 is 6.28. The lowest BCUT2D eigenvalue weighted by Crippen LogP contribution is -1.99. The molecule has 0 saturated heterocycles. The van der Waals surface area contributed by atoms with Gasteiger partial charge in [0.15, 0.2) is 5.03 Å². The first-order valence-electron chi connectivity index (χ1n) is 3.16. The molecule has 1 aromatic heterocycles. The van der Waals surface area contributed by atoms with Gasteiger partial charge in [-0.15, -0.1) is 0 Å². The third-order valence-corrected chi connectivity index (χ3v) is 3.87. The Kier molecular flexibility index (Phi) is 3.26. The molecule has 0 amide bonds. The summed E-state index contributed by atoms with van der Waals surface area (Å²) in [5, 5.41) is 0.847. The highest BCUT2D eigenvalue weighted by molar-refractivity contribution is 9.11. The van der Waals surface area contributed by atoms with E-state index in [2.05, 4.69) is 43.4 Å². The summed E-state index contributed by atoms with van der Waals surface area (Å²) in [6, 6.07) is 1.61. The van der Waals surface area contributed by atoms with Crippen LogP contribution in [0.3, 0.4) is 0 Å². The van der Waals surface area contributed by atoms with E-state index in [-0.39, 0.29) is 5.03 Å². The van der Waals surface area contributed by atoms with E-state index in [9.17, 15) is 8.42 Å². The van der Waals surface area contributed by atoms with Gasteiger partial charge in [0, 0.05) is 16.1 Å². The van der Waals surface area contributed by atoms with Crippen molar-refractivity contribution in [3.05, 3.63) is 33.2 Å². The predicted molar refractivity (Wildman–Crippen MR) is 57.0 cm³/mol. The fourth-order valence-electron chi connectivity index (χ4n) is 0.690. The molecule has 0 bridgehead atoms. The fraction of sp³-hybridized carbons (Fsp3) is 0. The summed E-state index contributed by atoms with van der Waals surface area (Å²) in [4.78, 5) is 3.77. The van der Waals surface area contributed by atoms with Crippen LogP contribution >= 0.6 is 31.9 Å². The Morgan fingerprint density at radius 3 is 2.54 bits per heavy atom. The molecular weight excluding hydrogens is 322 g/mol. The van der Waals surface area contributed by atoms with Gasteiger partial charge in [-0.25, -0.2) is 13.4 Å². The minimum absolute atomic E-state index is 0.0225. The predicted octanol–water partition coefficient (Wildman–Crippen LogP) is 2.52. The van der Waals surface area contributed by atoms with Crippen LogP contribution in [0.25, 0.3) is 0 Å². The van der Waals surface area contributed by atoms with E-state index >= 15 is 0 Å². The molecule has 0 aromatic carbocycles. The van der Waals surface area contributed by atoms with Crippen molar-refractivity contribution >= 4 is 41.7 Å². The third kappa shape index (κ3) is 2.38. The molecular formula is C7H5Br2NO2S. The molecule has 3 nitrogen and oxygen atoms in total. The Balaban J connectivity index is 3.41. The quantitative estimate of drug-likeness (QED) is 0.839. The number of aromatic nitrogens is 1. The number of halogens is 2. The second-order valence-corrected chi connectivity index (χ2v) is 5.73. The van der Waals surface area contributed by atoms with Gasteiger partial charge < -0.3 is 0 Å². The lowest BCUT2D eigenvalue weighted by atomic mass is 10.5. The Hall–Kier alpha value is -0.200. The highest BCUT2D eigenvalue weighted by Crippen LogP contribution is 2.24. The largest absolute Gasteiger partial charge is 0.242 e. The fourth-order valence-corrected chi connectivity index (χ4v) is 3.04. The van der Waals surface area contributed by atoms with Gasteiger partial charge in [-0.05, 0) is 37.9 Å². The third-order valence-electron chi connectivity index (χ3n) is 1.26. The Labute approximate surface area is 93.1 Å². The van der Waals surface area contributed by atoms with Gasteiger partial charge in [0.05, 0.1) is 4.47 Å². The Morgan fingerprint density at radius 2 is 2.08 bits per heavy atom. The monoisotopic (exact) mass is 325 g/mol.